The first-order valence-corrected chi connectivity index (χ1v) is 6.48. The standard InChI is InChI=1S/C13H20ClN3/c1-11(12-4-3-5-13(14)10-12)15-17-8-6-16(2)7-9-17/h3-5,10-11,15H,6-9H2,1-2H3. The summed E-state index contributed by atoms with van der Waals surface area (Å²) in [6, 6.07) is 8.35. The number of halogens is 1. The van der Waals surface area contributed by atoms with Crippen LogP contribution >= 0.6 is 11.6 Å². The third-order valence-corrected chi connectivity index (χ3v) is 3.46. The van der Waals surface area contributed by atoms with E-state index in [-0.39, 0.29) is 0 Å². The van der Waals surface area contributed by atoms with Crippen molar-refractivity contribution in [1.82, 2.24) is 15.3 Å². The molecule has 1 heterocycles. The van der Waals surface area contributed by atoms with Crippen molar-refractivity contribution in [2.75, 3.05) is 33.2 Å². The Kier molecular flexibility index (Phi) is 4.40. The van der Waals surface area contributed by atoms with Crippen LogP contribution in [0.4, 0.5) is 0 Å². The summed E-state index contributed by atoms with van der Waals surface area (Å²) >= 11 is 6.00. The van der Waals surface area contributed by atoms with Crippen LogP contribution < -0.4 is 5.43 Å². The lowest BCUT2D eigenvalue weighted by atomic mass is 10.1. The Morgan fingerprint density at radius 1 is 1.24 bits per heavy atom. The molecule has 2 rings (SSSR count). The van der Waals surface area contributed by atoms with Crippen molar-refractivity contribution < 1.29 is 0 Å². The highest BCUT2D eigenvalue weighted by Gasteiger charge is 2.16. The second-order valence-corrected chi connectivity index (χ2v) is 5.13. The third kappa shape index (κ3) is 3.68. The summed E-state index contributed by atoms with van der Waals surface area (Å²) in [4.78, 5) is 2.35. The minimum Gasteiger partial charge on any atom is -0.304 e. The van der Waals surface area contributed by atoms with Crippen LogP contribution in [-0.2, 0) is 0 Å². The number of hydrogen-bond donors (Lipinski definition) is 1. The highest BCUT2D eigenvalue weighted by atomic mass is 35.5. The van der Waals surface area contributed by atoms with Gasteiger partial charge in [-0.05, 0) is 31.7 Å². The SMILES string of the molecule is CC(NN1CCN(C)CC1)c1cccc(Cl)c1. The predicted octanol–water partition coefficient (Wildman–Crippen LogP) is 2.15. The van der Waals surface area contributed by atoms with E-state index >= 15 is 0 Å². The third-order valence-electron chi connectivity index (χ3n) is 3.23. The normalized spacial score (nSPS) is 20.4. The van der Waals surface area contributed by atoms with E-state index < -0.39 is 0 Å². The zero-order valence-corrected chi connectivity index (χ0v) is 11.2. The van der Waals surface area contributed by atoms with Crippen LogP contribution in [0.3, 0.4) is 0 Å². The largest absolute Gasteiger partial charge is 0.304 e. The van der Waals surface area contributed by atoms with Crippen LogP contribution in [0.15, 0.2) is 24.3 Å². The number of likely N-dealkylation sites (N-methyl/N-ethyl adjacent to an activating group) is 1. The number of nitrogens with zero attached hydrogens (tertiary/aromatic N) is 2. The smallest absolute Gasteiger partial charge is 0.0437 e. The van der Waals surface area contributed by atoms with Crippen molar-refractivity contribution in [1.29, 1.82) is 0 Å². The number of nitrogens with one attached hydrogen (secondary N) is 1. The Bertz CT molecular complexity index is 361. The highest BCUT2D eigenvalue weighted by molar-refractivity contribution is 6.30. The molecule has 0 aliphatic carbocycles. The lowest BCUT2D eigenvalue weighted by Crippen LogP contribution is -2.51. The van der Waals surface area contributed by atoms with Gasteiger partial charge in [0.05, 0.1) is 0 Å². The molecular weight excluding hydrogens is 234 g/mol. The summed E-state index contributed by atoms with van der Waals surface area (Å²) in [5, 5.41) is 3.10. The van der Waals surface area contributed by atoms with Gasteiger partial charge in [0, 0.05) is 37.2 Å². The molecule has 1 aromatic carbocycles. The average molecular weight is 254 g/mol. The van der Waals surface area contributed by atoms with Crippen molar-refractivity contribution in [2.45, 2.75) is 13.0 Å². The Balaban J connectivity index is 1.90. The fourth-order valence-corrected chi connectivity index (χ4v) is 2.26. The highest BCUT2D eigenvalue weighted by Crippen LogP contribution is 2.17. The average Bonchev–Trinajstić information content (AvgIpc) is 2.32. The quantitative estimate of drug-likeness (QED) is 0.891. The molecule has 1 saturated heterocycles. The van der Waals surface area contributed by atoms with Crippen LogP contribution in [0.1, 0.15) is 18.5 Å². The van der Waals surface area contributed by atoms with Gasteiger partial charge in [-0.25, -0.2) is 10.4 Å². The Labute approximate surface area is 108 Å². The minimum absolute atomic E-state index is 0.303. The van der Waals surface area contributed by atoms with E-state index in [1.165, 1.54) is 5.56 Å². The first kappa shape index (κ1) is 12.8. The van der Waals surface area contributed by atoms with Crippen LogP contribution in [0.5, 0.6) is 0 Å². The zero-order chi connectivity index (χ0) is 12.3. The van der Waals surface area contributed by atoms with Gasteiger partial charge in [0.1, 0.15) is 0 Å². The molecule has 4 heteroatoms. The molecule has 1 aliphatic heterocycles. The molecular formula is C13H20ClN3. The van der Waals surface area contributed by atoms with E-state index in [0.29, 0.717) is 6.04 Å². The molecule has 1 aromatic rings. The molecule has 0 spiro atoms. The van der Waals surface area contributed by atoms with Gasteiger partial charge in [0.25, 0.3) is 0 Å². The summed E-state index contributed by atoms with van der Waals surface area (Å²) in [6.45, 7) is 6.55. The Morgan fingerprint density at radius 2 is 1.94 bits per heavy atom. The maximum Gasteiger partial charge on any atom is 0.0437 e. The van der Waals surface area contributed by atoms with Gasteiger partial charge in [0.15, 0.2) is 0 Å². The van der Waals surface area contributed by atoms with Gasteiger partial charge in [-0.3, -0.25) is 0 Å². The van der Waals surface area contributed by atoms with Crippen molar-refractivity contribution in [3.63, 3.8) is 0 Å². The molecule has 94 valence electrons. The fraction of sp³-hybridized carbons (Fsp3) is 0.538. The monoisotopic (exact) mass is 253 g/mol. The van der Waals surface area contributed by atoms with E-state index in [4.69, 9.17) is 11.6 Å². The van der Waals surface area contributed by atoms with Crippen molar-refractivity contribution >= 4 is 11.6 Å². The molecule has 0 saturated carbocycles. The molecule has 0 radical (unpaired) electrons. The maximum absolute atomic E-state index is 6.00. The van der Waals surface area contributed by atoms with Crippen molar-refractivity contribution in [2.24, 2.45) is 0 Å². The second kappa shape index (κ2) is 5.83. The summed E-state index contributed by atoms with van der Waals surface area (Å²) in [6.07, 6.45) is 0. The van der Waals surface area contributed by atoms with Crippen molar-refractivity contribution in [3.05, 3.63) is 34.9 Å². The van der Waals surface area contributed by atoms with Gasteiger partial charge >= 0.3 is 0 Å². The van der Waals surface area contributed by atoms with Gasteiger partial charge in [0.2, 0.25) is 0 Å². The summed E-state index contributed by atoms with van der Waals surface area (Å²) in [5.41, 5.74) is 4.76. The van der Waals surface area contributed by atoms with Crippen LogP contribution in [0.25, 0.3) is 0 Å². The van der Waals surface area contributed by atoms with E-state index in [1.807, 2.05) is 18.2 Å². The molecule has 17 heavy (non-hydrogen) atoms. The number of piperazine rings is 1. The topological polar surface area (TPSA) is 18.5 Å². The fourth-order valence-electron chi connectivity index (χ4n) is 2.06. The number of hydrogen-bond acceptors (Lipinski definition) is 3. The second-order valence-electron chi connectivity index (χ2n) is 4.70. The van der Waals surface area contributed by atoms with Gasteiger partial charge in [-0.2, -0.15) is 0 Å². The first-order chi connectivity index (χ1) is 8.15. The van der Waals surface area contributed by atoms with E-state index in [1.54, 1.807) is 0 Å². The lowest BCUT2D eigenvalue weighted by Gasteiger charge is -2.34. The number of benzene rings is 1. The molecule has 1 atom stereocenters. The molecule has 0 aromatic heterocycles. The summed E-state index contributed by atoms with van der Waals surface area (Å²) < 4.78 is 0. The van der Waals surface area contributed by atoms with Crippen molar-refractivity contribution in [3.8, 4) is 0 Å². The van der Waals surface area contributed by atoms with Crippen LogP contribution in [0.2, 0.25) is 5.02 Å². The molecule has 3 nitrogen and oxygen atoms in total. The van der Waals surface area contributed by atoms with E-state index in [0.717, 1.165) is 31.2 Å². The summed E-state index contributed by atoms with van der Waals surface area (Å²) in [5.74, 6) is 0. The van der Waals surface area contributed by atoms with Gasteiger partial charge < -0.3 is 4.90 Å². The lowest BCUT2D eigenvalue weighted by molar-refractivity contribution is 0.0899. The van der Waals surface area contributed by atoms with E-state index in [9.17, 15) is 0 Å². The minimum atomic E-state index is 0.303. The summed E-state index contributed by atoms with van der Waals surface area (Å²) in [7, 11) is 2.16. The van der Waals surface area contributed by atoms with Crippen LogP contribution in [-0.4, -0.2) is 43.1 Å². The van der Waals surface area contributed by atoms with Gasteiger partial charge in [-0.15, -0.1) is 0 Å². The molecule has 0 amide bonds. The zero-order valence-electron chi connectivity index (χ0n) is 10.5. The molecule has 1 fully saturated rings. The Hall–Kier alpha value is -0.610. The maximum atomic E-state index is 6.00. The molecule has 0 bridgehead atoms. The van der Waals surface area contributed by atoms with Gasteiger partial charge in [-0.1, -0.05) is 23.7 Å². The van der Waals surface area contributed by atoms with Crippen LogP contribution in [0, 0.1) is 0 Å². The molecule has 1 unspecified atom stereocenters. The first-order valence-electron chi connectivity index (χ1n) is 6.10. The Morgan fingerprint density at radius 3 is 2.59 bits per heavy atom. The predicted molar refractivity (Wildman–Crippen MR) is 72.1 cm³/mol. The number of rotatable bonds is 3. The molecule has 1 N–H and O–H groups in total. The molecule has 1 aliphatic rings. The number of hydrazine groups is 1. The van der Waals surface area contributed by atoms with E-state index in [2.05, 4.69) is 35.4 Å².